The van der Waals surface area contributed by atoms with E-state index in [1.807, 2.05) is 0 Å². The van der Waals surface area contributed by atoms with Gasteiger partial charge in [-0.2, -0.15) is 0 Å². The standard InChI is InChI=1S/C13H17ClN2O3S/c14-12-5-3-11(4-6-12)13(17)15-7-9-16-8-1-2-10-20(16,18)19/h3-6H,1-2,7-10H2,(H,15,17). The van der Waals surface area contributed by atoms with Gasteiger partial charge in [0.25, 0.3) is 5.91 Å². The number of carbonyl (C=O) groups is 1. The summed E-state index contributed by atoms with van der Waals surface area (Å²) in [5.74, 6) is -0.0194. The molecule has 1 aliphatic heterocycles. The molecule has 1 N–H and O–H groups in total. The van der Waals surface area contributed by atoms with E-state index in [2.05, 4.69) is 5.32 Å². The highest BCUT2D eigenvalue weighted by molar-refractivity contribution is 7.89. The summed E-state index contributed by atoms with van der Waals surface area (Å²) in [5, 5.41) is 3.29. The lowest BCUT2D eigenvalue weighted by molar-refractivity contribution is 0.0951. The number of nitrogens with one attached hydrogen (secondary N) is 1. The lowest BCUT2D eigenvalue weighted by Crippen LogP contribution is -2.42. The summed E-state index contributed by atoms with van der Waals surface area (Å²) < 4.78 is 25.0. The Bertz CT molecular complexity index is 572. The summed E-state index contributed by atoms with van der Waals surface area (Å²) >= 11 is 5.75. The molecule has 1 amide bonds. The Morgan fingerprint density at radius 2 is 1.95 bits per heavy atom. The summed E-state index contributed by atoms with van der Waals surface area (Å²) in [7, 11) is -3.13. The summed E-state index contributed by atoms with van der Waals surface area (Å²) in [5.41, 5.74) is 0.510. The minimum Gasteiger partial charge on any atom is -0.351 e. The van der Waals surface area contributed by atoms with E-state index in [0.717, 1.165) is 12.8 Å². The highest BCUT2D eigenvalue weighted by Gasteiger charge is 2.25. The molecule has 7 heteroatoms. The number of halogens is 1. The lowest BCUT2D eigenvalue weighted by Gasteiger charge is -2.26. The number of carbonyl (C=O) groups excluding carboxylic acids is 1. The Balaban J connectivity index is 1.83. The van der Waals surface area contributed by atoms with E-state index in [-0.39, 0.29) is 11.7 Å². The second kappa shape index (κ2) is 6.56. The predicted octanol–water partition coefficient (Wildman–Crippen LogP) is 1.50. The summed E-state index contributed by atoms with van der Waals surface area (Å²) in [6.07, 6.45) is 1.60. The fraction of sp³-hybridized carbons (Fsp3) is 0.462. The first kappa shape index (κ1) is 15.3. The molecule has 1 saturated heterocycles. The van der Waals surface area contributed by atoms with Crippen LogP contribution < -0.4 is 5.32 Å². The fourth-order valence-corrected chi connectivity index (χ4v) is 3.82. The predicted molar refractivity (Wildman–Crippen MR) is 78.4 cm³/mol. The maximum absolute atomic E-state index is 11.8. The Hall–Kier alpha value is -1.11. The molecule has 0 radical (unpaired) electrons. The van der Waals surface area contributed by atoms with Gasteiger partial charge in [-0.3, -0.25) is 4.79 Å². The van der Waals surface area contributed by atoms with Gasteiger partial charge in [0.1, 0.15) is 0 Å². The van der Waals surface area contributed by atoms with Gasteiger partial charge in [0.05, 0.1) is 5.75 Å². The number of hydrogen-bond donors (Lipinski definition) is 1. The molecule has 1 fully saturated rings. The Labute approximate surface area is 124 Å². The Morgan fingerprint density at radius 3 is 2.60 bits per heavy atom. The first-order valence-corrected chi connectivity index (χ1v) is 8.49. The highest BCUT2D eigenvalue weighted by atomic mass is 35.5. The normalized spacial score (nSPS) is 18.6. The quantitative estimate of drug-likeness (QED) is 0.915. The maximum Gasteiger partial charge on any atom is 0.251 e. The topological polar surface area (TPSA) is 66.5 Å². The lowest BCUT2D eigenvalue weighted by atomic mass is 10.2. The minimum absolute atomic E-state index is 0.206. The monoisotopic (exact) mass is 316 g/mol. The van der Waals surface area contributed by atoms with Crippen LogP contribution in [0.15, 0.2) is 24.3 Å². The van der Waals surface area contributed by atoms with E-state index in [4.69, 9.17) is 11.6 Å². The van der Waals surface area contributed by atoms with Gasteiger partial charge < -0.3 is 5.32 Å². The van der Waals surface area contributed by atoms with Crippen LogP contribution in [0.5, 0.6) is 0 Å². The van der Waals surface area contributed by atoms with Crippen LogP contribution in [0.4, 0.5) is 0 Å². The number of rotatable bonds is 4. The molecule has 0 unspecified atom stereocenters. The Kier molecular flexibility index (Phi) is 5.01. The van der Waals surface area contributed by atoms with Crippen LogP contribution in [0.1, 0.15) is 23.2 Å². The van der Waals surface area contributed by atoms with Crippen molar-refractivity contribution in [3.05, 3.63) is 34.9 Å². The van der Waals surface area contributed by atoms with E-state index < -0.39 is 10.0 Å². The third-order valence-corrected chi connectivity index (χ3v) is 5.41. The summed E-state index contributed by atoms with van der Waals surface area (Å²) in [6, 6.07) is 6.56. The molecule has 110 valence electrons. The molecular weight excluding hydrogens is 300 g/mol. The van der Waals surface area contributed by atoms with E-state index in [0.29, 0.717) is 30.2 Å². The van der Waals surface area contributed by atoms with Gasteiger partial charge in [-0.05, 0) is 37.1 Å². The van der Waals surface area contributed by atoms with Crippen molar-refractivity contribution in [2.75, 3.05) is 25.4 Å². The molecule has 1 aromatic carbocycles. The van der Waals surface area contributed by atoms with Crippen molar-refractivity contribution in [2.24, 2.45) is 0 Å². The largest absolute Gasteiger partial charge is 0.351 e. The molecule has 0 aliphatic carbocycles. The van der Waals surface area contributed by atoms with Crippen molar-refractivity contribution in [1.29, 1.82) is 0 Å². The number of hydrogen-bond acceptors (Lipinski definition) is 3. The van der Waals surface area contributed by atoms with Crippen LogP contribution in [0, 0.1) is 0 Å². The molecular formula is C13H17ClN2O3S. The molecule has 0 bridgehead atoms. The van der Waals surface area contributed by atoms with Gasteiger partial charge in [-0.1, -0.05) is 11.6 Å². The van der Waals surface area contributed by atoms with Gasteiger partial charge >= 0.3 is 0 Å². The second-order valence-corrected chi connectivity index (χ2v) is 7.21. The molecule has 1 aliphatic rings. The third kappa shape index (κ3) is 3.94. The smallest absolute Gasteiger partial charge is 0.251 e. The van der Waals surface area contributed by atoms with Crippen molar-refractivity contribution in [1.82, 2.24) is 9.62 Å². The molecule has 20 heavy (non-hydrogen) atoms. The van der Waals surface area contributed by atoms with Crippen molar-refractivity contribution >= 4 is 27.5 Å². The molecule has 0 spiro atoms. The van der Waals surface area contributed by atoms with Crippen molar-refractivity contribution < 1.29 is 13.2 Å². The number of sulfonamides is 1. The second-order valence-electron chi connectivity index (χ2n) is 4.68. The average Bonchev–Trinajstić information content (AvgIpc) is 2.41. The van der Waals surface area contributed by atoms with E-state index in [1.165, 1.54) is 4.31 Å². The fourth-order valence-electron chi connectivity index (χ4n) is 2.09. The van der Waals surface area contributed by atoms with Gasteiger partial charge in [0.2, 0.25) is 10.0 Å². The zero-order valence-electron chi connectivity index (χ0n) is 11.0. The number of nitrogens with zero attached hydrogens (tertiary/aromatic N) is 1. The number of benzene rings is 1. The van der Waals surface area contributed by atoms with Crippen LogP contribution in [0.25, 0.3) is 0 Å². The van der Waals surface area contributed by atoms with Gasteiger partial charge in [0, 0.05) is 30.2 Å². The van der Waals surface area contributed by atoms with Crippen LogP contribution in [0.2, 0.25) is 5.02 Å². The van der Waals surface area contributed by atoms with Crippen molar-refractivity contribution in [3.8, 4) is 0 Å². The van der Waals surface area contributed by atoms with Gasteiger partial charge in [-0.25, -0.2) is 12.7 Å². The Morgan fingerprint density at radius 1 is 1.25 bits per heavy atom. The molecule has 5 nitrogen and oxygen atoms in total. The molecule has 1 heterocycles. The van der Waals surface area contributed by atoms with E-state index in [1.54, 1.807) is 24.3 Å². The zero-order valence-corrected chi connectivity index (χ0v) is 12.6. The van der Waals surface area contributed by atoms with Crippen LogP contribution in [0.3, 0.4) is 0 Å². The third-order valence-electron chi connectivity index (χ3n) is 3.21. The first-order valence-electron chi connectivity index (χ1n) is 6.51. The molecule has 0 aromatic heterocycles. The summed E-state index contributed by atoms with van der Waals surface area (Å²) in [4.78, 5) is 11.8. The molecule has 0 saturated carbocycles. The van der Waals surface area contributed by atoms with Gasteiger partial charge in [0.15, 0.2) is 0 Å². The summed E-state index contributed by atoms with van der Waals surface area (Å²) in [6.45, 7) is 1.17. The highest BCUT2D eigenvalue weighted by Crippen LogP contribution is 2.12. The molecule has 1 aromatic rings. The van der Waals surface area contributed by atoms with Crippen LogP contribution in [-0.2, 0) is 10.0 Å². The SMILES string of the molecule is O=C(NCCN1CCCCS1(=O)=O)c1ccc(Cl)cc1. The average molecular weight is 317 g/mol. The zero-order chi connectivity index (χ0) is 14.6. The minimum atomic E-state index is -3.13. The molecule has 2 rings (SSSR count). The van der Waals surface area contributed by atoms with Gasteiger partial charge in [-0.15, -0.1) is 0 Å². The van der Waals surface area contributed by atoms with E-state index >= 15 is 0 Å². The number of amides is 1. The maximum atomic E-state index is 11.8. The van der Waals surface area contributed by atoms with Crippen LogP contribution >= 0.6 is 11.6 Å². The van der Waals surface area contributed by atoms with Crippen molar-refractivity contribution in [2.45, 2.75) is 12.8 Å². The molecule has 0 atom stereocenters. The van der Waals surface area contributed by atoms with Crippen LogP contribution in [-0.4, -0.2) is 44.0 Å². The van der Waals surface area contributed by atoms with E-state index in [9.17, 15) is 13.2 Å². The van der Waals surface area contributed by atoms with Crippen molar-refractivity contribution in [3.63, 3.8) is 0 Å². The first-order chi connectivity index (χ1) is 9.49.